The third-order valence-corrected chi connectivity index (χ3v) is 5.81. The zero-order chi connectivity index (χ0) is 18.4. The Kier molecular flexibility index (Phi) is 4.11. The van der Waals surface area contributed by atoms with E-state index in [0.717, 1.165) is 6.07 Å². The Bertz CT molecular complexity index is 854. The van der Waals surface area contributed by atoms with E-state index in [0.29, 0.717) is 24.1 Å². The van der Waals surface area contributed by atoms with Crippen LogP contribution in [0.25, 0.3) is 0 Å². The van der Waals surface area contributed by atoms with Crippen molar-refractivity contribution in [2.75, 3.05) is 6.61 Å². The Hall–Kier alpha value is -2.19. The molecular weight excluding hydrogens is 381 g/mol. The number of benzene rings is 1. The molecule has 0 unspecified atom stereocenters. The third kappa shape index (κ3) is 3.14. The van der Waals surface area contributed by atoms with Crippen LogP contribution >= 0.6 is 22.9 Å². The van der Waals surface area contributed by atoms with Crippen LogP contribution in [0, 0.1) is 5.82 Å². The summed E-state index contributed by atoms with van der Waals surface area (Å²) in [4.78, 5) is 28.6. The summed E-state index contributed by atoms with van der Waals surface area (Å²) in [5, 5.41) is 5.97. The first-order valence-corrected chi connectivity index (χ1v) is 9.24. The third-order valence-electron chi connectivity index (χ3n) is 4.73. The Morgan fingerprint density at radius 3 is 2.65 bits per heavy atom. The summed E-state index contributed by atoms with van der Waals surface area (Å²) in [7, 11) is 0. The van der Waals surface area contributed by atoms with Gasteiger partial charge in [0.2, 0.25) is 0 Å². The minimum Gasteiger partial charge on any atom is -0.484 e. The van der Waals surface area contributed by atoms with E-state index < -0.39 is 5.82 Å². The normalized spacial score (nSPS) is 25.6. The van der Waals surface area contributed by atoms with E-state index in [1.165, 1.54) is 23.5 Å². The van der Waals surface area contributed by atoms with E-state index in [9.17, 15) is 14.0 Å². The zero-order valence-corrected chi connectivity index (χ0v) is 15.1. The number of hydrogen-bond donors (Lipinski definition) is 2. The van der Waals surface area contributed by atoms with Crippen molar-refractivity contribution < 1.29 is 18.7 Å². The standard InChI is InChI=1S/C17H15ClFN3O3S/c18-11-2-1-10(3-12(11)19)25-5-14(23)21-16-6-17(7-16,8-16)22-15(24)13-4-20-9-26-13/h1-4,9H,5-8H2,(H,21,23)(H,22,24). The van der Waals surface area contributed by atoms with Crippen LogP contribution in [0.1, 0.15) is 28.9 Å². The maximum atomic E-state index is 13.3. The van der Waals surface area contributed by atoms with E-state index in [1.807, 2.05) is 0 Å². The fraction of sp³-hybridized carbons (Fsp3) is 0.353. The fourth-order valence-electron chi connectivity index (χ4n) is 3.73. The van der Waals surface area contributed by atoms with Gasteiger partial charge in [0.05, 0.1) is 16.7 Å². The summed E-state index contributed by atoms with van der Waals surface area (Å²) in [6, 6.07) is 4.02. The Morgan fingerprint density at radius 1 is 1.27 bits per heavy atom. The summed E-state index contributed by atoms with van der Waals surface area (Å²) in [6.45, 7) is -0.205. The van der Waals surface area contributed by atoms with Crippen molar-refractivity contribution >= 4 is 34.8 Å². The number of thiazole rings is 1. The van der Waals surface area contributed by atoms with Crippen molar-refractivity contribution in [3.05, 3.63) is 45.6 Å². The van der Waals surface area contributed by atoms with E-state index in [2.05, 4.69) is 15.6 Å². The second-order valence-corrected chi connectivity index (χ2v) is 8.12. The first kappa shape index (κ1) is 17.2. The summed E-state index contributed by atoms with van der Waals surface area (Å²) >= 11 is 6.90. The SMILES string of the molecule is O=C(COc1ccc(Cl)c(F)c1)NC12CC(NC(=O)c3cncs3)(C1)C2. The maximum absolute atomic E-state index is 13.3. The number of nitrogens with one attached hydrogen (secondary N) is 2. The van der Waals surface area contributed by atoms with Gasteiger partial charge in [-0.15, -0.1) is 11.3 Å². The molecule has 3 aliphatic rings. The van der Waals surface area contributed by atoms with Gasteiger partial charge in [0, 0.05) is 17.1 Å². The molecule has 0 aliphatic heterocycles. The molecule has 136 valence electrons. The molecular formula is C17H15ClFN3O3S. The molecule has 0 saturated heterocycles. The lowest BCUT2D eigenvalue weighted by Gasteiger charge is -2.70. The lowest BCUT2D eigenvalue weighted by atomic mass is 9.44. The summed E-state index contributed by atoms with van der Waals surface area (Å²) in [6.07, 6.45) is 3.64. The quantitative estimate of drug-likeness (QED) is 0.787. The zero-order valence-electron chi connectivity index (χ0n) is 13.6. The molecule has 0 radical (unpaired) electrons. The van der Waals surface area contributed by atoms with Crippen LogP contribution in [-0.4, -0.2) is 34.5 Å². The highest BCUT2D eigenvalue weighted by molar-refractivity contribution is 7.11. The average molecular weight is 396 g/mol. The van der Waals surface area contributed by atoms with Crippen LogP contribution < -0.4 is 15.4 Å². The molecule has 9 heteroatoms. The van der Waals surface area contributed by atoms with Gasteiger partial charge in [-0.1, -0.05) is 11.6 Å². The highest BCUT2D eigenvalue weighted by atomic mass is 35.5. The van der Waals surface area contributed by atoms with Crippen molar-refractivity contribution in [2.45, 2.75) is 30.3 Å². The summed E-state index contributed by atoms with van der Waals surface area (Å²) < 4.78 is 18.6. The molecule has 2 N–H and O–H groups in total. The first-order chi connectivity index (χ1) is 12.4. The van der Waals surface area contributed by atoms with Gasteiger partial charge in [0.15, 0.2) is 6.61 Å². The highest BCUT2D eigenvalue weighted by Gasteiger charge is 2.69. The lowest BCUT2D eigenvalue weighted by Crippen LogP contribution is -2.84. The molecule has 2 amide bonds. The molecule has 2 aromatic rings. The molecule has 3 fully saturated rings. The van der Waals surface area contributed by atoms with Gasteiger partial charge in [-0.25, -0.2) is 4.39 Å². The molecule has 1 heterocycles. The van der Waals surface area contributed by atoms with E-state index in [1.54, 1.807) is 11.7 Å². The van der Waals surface area contributed by atoms with Gasteiger partial charge in [0.1, 0.15) is 16.4 Å². The van der Waals surface area contributed by atoms with E-state index in [-0.39, 0.29) is 40.3 Å². The molecule has 6 nitrogen and oxygen atoms in total. The van der Waals surface area contributed by atoms with Crippen LogP contribution in [-0.2, 0) is 4.79 Å². The molecule has 2 bridgehead atoms. The van der Waals surface area contributed by atoms with E-state index in [4.69, 9.17) is 16.3 Å². The molecule has 0 atom stereocenters. The Morgan fingerprint density at radius 2 is 2.00 bits per heavy atom. The van der Waals surface area contributed by atoms with Crippen LogP contribution in [0.15, 0.2) is 29.9 Å². The molecule has 26 heavy (non-hydrogen) atoms. The van der Waals surface area contributed by atoms with Crippen molar-refractivity contribution in [1.82, 2.24) is 15.6 Å². The number of amides is 2. The number of halogens is 2. The van der Waals surface area contributed by atoms with Crippen LogP contribution in [0.4, 0.5) is 4.39 Å². The minimum absolute atomic E-state index is 0.00124. The van der Waals surface area contributed by atoms with Gasteiger partial charge < -0.3 is 15.4 Å². The summed E-state index contributed by atoms with van der Waals surface area (Å²) in [5.74, 6) is -0.752. The second kappa shape index (κ2) is 6.21. The molecule has 1 aromatic carbocycles. The van der Waals surface area contributed by atoms with Gasteiger partial charge >= 0.3 is 0 Å². The van der Waals surface area contributed by atoms with Crippen molar-refractivity contribution in [2.24, 2.45) is 0 Å². The molecule has 1 aromatic heterocycles. The monoisotopic (exact) mass is 395 g/mol. The highest BCUT2D eigenvalue weighted by Crippen LogP contribution is 2.60. The molecule has 3 saturated carbocycles. The van der Waals surface area contributed by atoms with Crippen LogP contribution in [0.2, 0.25) is 5.02 Å². The minimum atomic E-state index is -0.595. The first-order valence-electron chi connectivity index (χ1n) is 7.99. The maximum Gasteiger partial charge on any atom is 0.263 e. The van der Waals surface area contributed by atoms with Gasteiger partial charge in [0.25, 0.3) is 11.8 Å². The second-order valence-electron chi connectivity index (χ2n) is 6.82. The topological polar surface area (TPSA) is 80.3 Å². The summed E-state index contributed by atoms with van der Waals surface area (Å²) in [5.41, 5.74) is 1.12. The van der Waals surface area contributed by atoms with Gasteiger partial charge in [-0.05, 0) is 31.4 Å². The average Bonchev–Trinajstić information content (AvgIpc) is 3.07. The Labute approximate surface area is 157 Å². The van der Waals surface area contributed by atoms with E-state index >= 15 is 0 Å². The Balaban J connectivity index is 1.23. The smallest absolute Gasteiger partial charge is 0.263 e. The number of ether oxygens (including phenoxy) is 1. The number of carbonyl (C=O) groups excluding carboxylic acids is 2. The molecule has 5 rings (SSSR count). The number of nitrogens with zero attached hydrogens (tertiary/aromatic N) is 1. The number of rotatable bonds is 6. The van der Waals surface area contributed by atoms with Crippen LogP contribution in [0.3, 0.4) is 0 Å². The van der Waals surface area contributed by atoms with Gasteiger partial charge in [-0.2, -0.15) is 0 Å². The van der Waals surface area contributed by atoms with Crippen molar-refractivity contribution in [3.8, 4) is 5.75 Å². The molecule has 3 aliphatic carbocycles. The largest absolute Gasteiger partial charge is 0.484 e. The predicted octanol–water partition coefficient (Wildman–Crippen LogP) is 2.54. The lowest BCUT2D eigenvalue weighted by molar-refractivity contribution is -0.141. The molecule has 0 spiro atoms. The number of aromatic nitrogens is 1. The van der Waals surface area contributed by atoms with Crippen molar-refractivity contribution in [1.29, 1.82) is 0 Å². The van der Waals surface area contributed by atoms with Crippen molar-refractivity contribution in [3.63, 3.8) is 0 Å². The predicted molar refractivity (Wildman–Crippen MR) is 93.9 cm³/mol. The fourth-order valence-corrected chi connectivity index (χ4v) is 4.36. The number of carbonyl (C=O) groups is 2. The van der Waals surface area contributed by atoms with Crippen LogP contribution in [0.5, 0.6) is 5.75 Å². The number of hydrogen-bond acceptors (Lipinski definition) is 5. The van der Waals surface area contributed by atoms with Gasteiger partial charge in [-0.3, -0.25) is 14.6 Å².